The van der Waals surface area contributed by atoms with E-state index in [-0.39, 0.29) is 16.9 Å². The van der Waals surface area contributed by atoms with Crippen LogP contribution in [0.3, 0.4) is 0 Å². The van der Waals surface area contributed by atoms with Crippen LogP contribution in [0.5, 0.6) is 5.75 Å². The standard InChI is InChI=1S/C14H9BrF3NO2/c15-11-6-5-8(7-10(11)13(19)20)9-3-1-2-4-12(9)21-14(16,17)18/h1-7H,(H2,19,20). The van der Waals surface area contributed by atoms with Crippen molar-refractivity contribution in [1.82, 2.24) is 0 Å². The van der Waals surface area contributed by atoms with Gasteiger partial charge in [-0.3, -0.25) is 4.79 Å². The zero-order chi connectivity index (χ0) is 15.6. The predicted molar refractivity (Wildman–Crippen MR) is 74.8 cm³/mol. The predicted octanol–water partition coefficient (Wildman–Crippen LogP) is 4.11. The number of benzene rings is 2. The van der Waals surface area contributed by atoms with Crippen LogP contribution in [0.15, 0.2) is 46.9 Å². The lowest BCUT2D eigenvalue weighted by molar-refractivity contribution is -0.274. The van der Waals surface area contributed by atoms with Crippen LogP contribution < -0.4 is 10.5 Å². The van der Waals surface area contributed by atoms with E-state index in [1.54, 1.807) is 18.2 Å². The van der Waals surface area contributed by atoms with Crippen LogP contribution in [0, 0.1) is 0 Å². The number of alkyl halides is 3. The summed E-state index contributed by atoms with van der Waals surface area (Å²) in [6.45, 7) is 0. The van der Waals surface area contributed by atoms with Crippen LogP contribution in [0.25, 0.3) is 11.1 Å². The van der Waals surface area contributed by atoms with E-state index in [0.29, 0.717) is 10.0 Å². The van der Waals surface area contributed by atoms with Gasteiger partial charge in [0.1, 0.15) is 5.75 Å². The van der Waals surface area contributed by atoms with E-state index in [0.717, 1.165) is 0 Å². The largest absolute Gasteiger partial charge is 0.573 e. The zero-order valence-corrected chi connectivity index (χ0v) is 12.0. The van der Waals surface area contributed by atoms with E-state index in [4.69, 9.17) is 5.73 Å². The van der Waals surface area contributed by atoms with Crippen molar-refractivity contribution in [2.24, 2.45) is 5.73 Å². The Bertz CT molecular complexity index is 686. The van der Waals surface area contributed by atoms with Crippen LogP contribution in [0.1, 0.15) is 10.4 Å². The number of carbonyl (C=O) groups excluding carboxylic acids is 1. The Hall–Kier alpha value is -2.02. The van der Waals surface area contributed by atoms with Gasteiger partial charge in [-0.2, -0.15) is 0 Å². The van der Waals surface area contributed by atoms with E-state index in [2.05, 4.69) is 20.7 Å². The van der Waals surface area contributed by atoms with Crippen molar-refractivity contribution < 1.29 is 22.7 Å². The zero-order valence-electron chi connectivity index (χ0n) is 10.4. The maximum absolute atomic E-state index is 12.4. The highest BCUT2D eigenvalue weighted by Gasteiger charge is 2.32. The number of hydrogen-bond acceptors (Lipinski definition) is 2. The van der Waals surface area contributed by atoms with Crippen LogP contribution in [0.2, 0.25) is 0 Å². The number of nitrogens with two attached hydrogens (primary N) is 1. The van der Waals surface area contributed by atoms with Crippen molar-refractivity contribution in [2.75, 3.05) is 0 Å². The van der Waals surface area contributed by atoms with Gasteiger partial charge < -0.3 is 10.5 Å². The van der Waals surface area contributed by atoms with Gasteiger partial charge in [-0.05, 0) is 39.7 Å². The molecule has 0 bridgehead atoms. The molecule has 0 radical (unpaired) electrons. The molecule has 0 aliphatic heterocycles. The number of para-hydroxylation sites is 1. The highest BCUT2D eigenvalue weighted by Crippen LogP contribution is 2.35. The lowest BCUT2D eigenvalue weighted by Crippen LogP contribution is -2.17. The van der Waals surface area contributed by atoms with Crippen LogP contribution in [-0.4, -0.2) is 12.3 Å². The molecule has 0 unspecified atom stereocenters. The molecule has 2 aromatic rings. The fraction of sp³-hybridized carbons (Fsp3) is 0.0714. The van der Waals surface area contributed by atoms with E-state index in [1.807, 2.05) is 0 Å². The number of ether oxygens (including phenoxy) is 1. The highest BCUT2D eigenvalue weighted by atomic mass is 79.9. The van der Waals surface area contributed by atoms with Crippen LogP contribution in [0.4, 0.5) is 13.2 Å². The van der Waals surface area contributed by atoms with Gasteiger partial charge in [0.2, 0.25) is 5.91 Å². The topological polar surface area (TPSA) is 52.3 Å². The number of carbonyl (C=O) groups is 1. The monoisotopic (exact) mass is 359 g/mol. The first-order valence-electron chi connectivity index (χ1n) is 5.72. The van der Waals surface area contributed by atoms with Gasteiger partial charge in [-0.15, -0.1) is 13.2 Å². The maximum Gasteiger partial charge on any atom is 0.573 e. The summed E-state index contributed by atoms with van der Waals surface area (Å²) < 4.78 is 41.7. The molecule has 2 aromatic carbocycles. The normalized spacial score (nSPS) is 11.2. The molecule has 0 aliphatic carbocycles. The maximum atomic E-state index is 12.4. The molecule has 7 heteroatoms. The van der Waals surface area contributed by atoms with Gasteiger partial charge in [-0.25, -0.2) is 0 Å². The van der Waals surface area contributed by atoms with Crippen molar-refractivity contribution >= 4 is 21.8 Å². The molecule has 0 aliphatic rings. The Morgan fingerprint density at radius 2 is 1.81 bits per heavy atom. The number of hydrogen-bond donors (Lipinski definition) is 1. The van der Waals surface area contributed by atoms with Crippen molar-refractivity contribution in [3.8, 4) is 16.9 Å². The van der Waals surface area contributed by atoms with Crippen molar-refractivity contribution in [3.05, 3.63) is 52.5 Å². The molecule has 0 aromatic heterocycles. The minimum atomic E-state index is -4.79. The summed E-state index contributed by atoms with van der Waals surface area (Å²) in [7, 11) is 0. The molecule has 3 nitrogen and oxygen atoms in total. The van der Waals surface area contributed by atoms with Gasteiger partial charge in [-0.1, -0.05) is 24.3 Å². The van der Waals surface area contributed by atoms with Crippen LogP contribution in [-0.2, 0) is 0 Å². The highest BCUT2D eigenvalue weighted by molar-refractivity contribution is 9.10. The molecule has 0 atom stereocenters. The van der Waals surface area contributed by atoms with Crippen molar-refractivity contribution in [3.63, 3.8) is 0 Å². The third kappa shape index (κ3) is 3.75. The van der Waals surface area contributed by atoms with Gasteiger partial charge in [0.05, 0.1) is 5.56 Å². The van der Waals surface area contributed by atoms with Gasteiger partial charge in [0, 0.05) is 10.0 Å². The van der Waals surface area contributed by atoms with Gasteiger partial charge in [0.25, 0.3) is 0 Å². The molecule has 2 rings (SSSR count). The number of halogens is 4. The number of rotatable bonds is 3. The van der Waals surface area contributed by atoms with Gasteiger partial charge >= 0.3 is 6.36 Å². The van der Waals surface area contributed by atoms with E-state index < -0.39 is 12.3 Å². The summed E-state index contributed by atoms with van der Waals surface area (Å²) in [5, 5.41) is 0. The lowest BCUT2D eigenvalue weighted by Gasteiger charge is -2.14. The Morgan fingerprint density at radius 1 is 1.14 bits per heavy atom. The Morgan fingerprint density at radius 3 is 2.43 bits per heavy atom. The van der Waals surface area contributed by atoms with Gasteiger partial charge in [0.15, 0.2) is 0 Å². The summed E-state index contributed by atoms with van der Waals surface area (Å²) in [5.41, 5.74) is 6.00. The summed E-state index contributed by atoms with van der Waals surface area (Å²) in [5.74, 6) is -1.03. The quantitative estimate of drug-likeness (QED) is 0.896. The molecular weight excluding hydrogens is 351 g/mol. The van der Waals surface area contributed by atoms with Crippen molar-refractivity contribution in [1.29, 1.82) is 0 Å². The summed E-state index contributed by atoms with van der Waals surface area (Å²) in [4.78, 5) is 11.3. The summed E-state index contributed by atoms with van der Waals surface area (Å²) >= 11 is 3.16. The molecule has 0 heterocycles. The minimum absolute atomic E-state index is 0.175. The molecule has 0 saturated carbocycles. The van der Waals surface area contributed by atoms with Crippen LogP contribution >= 0.6 is 15.9 Å². The molecule has 0 spiro atoms. The first-order valence-corrected chi connectivity index (χ1v) is 6.52. The summed E-state index contributed by atoms with van der Waals surface area (Å²) in [6, 6.07) is 10.2. The molecule has 0 saturated heterocycles. The smallest absolute Gasteiger partial charge is 0.405 e. The first-order chi connectivity index (χ1) is 9.78. The van der Waals surface area contributed by atoms with E-state index in [1.165, 1.54) is 24.3 Å². The molecular formula is C14H9BrF3NO2. The molecule has 0 fully saturated rings. The molecule has 110 valence electrons. The second-order valence-corrected chi connectivity index (χ2v) is 4.96. The third-order valence-corrected chi connectivity index (χ3v) is 3.35. The third-order valence-electron chi connectivity index (χ3n) is 2.66. The minimum Gasteiger partial charge on any atom is -0.405 e. The number of primary amides is 1. The lowest BCUT2D eigenvalue weighted by atomic mass is 10.0. The van der Waals surface area contributed by atoms with E-state index >= 15 is 0 Å². The average molecular weight is 360 g/mol. The molecule has 21 heavy (non-hydrogen) atoms. The second-order valence-electron chi connectivity index (χ2n) is 4.10. The fourth-order valence-electron chi connectivity index (χ4n) is 1.80. The molecule has 2 N–H and O–H groups in total. The fourth-order valence-corrected chi connectivity index (χ4v) is 2.24. The summed E-state index contributed by atoms with van der Waals surface area (Å²) in [6.07, 6.45) is -4.79. The average Bonchev–Trinajstić information content (AvgIpc) is 2.38. The number of amides is 1. The van der Waals surface area contributed by atoms with Crippen molar-refractivity contribution in [2.45, 2.75) is 6.36 Å². The first kappa shape index (κ1) is 15.4. The second kappa shape index (κ2) is 5.77. The Labute approximate surface area is 126 Å². The Kier molecular flexibility index (Phi) is 4.22. The Balaban J connectivity index is 2.52. The SMILES string of the molecule is NC(=O)c1cc(-c2ccccc2OC(F)(F)F)ccc1Br. The van der Waals surface area contributed by atoms with E-state index in [9.17, 15) is 18.0 Å². The molecule has 1 amide bonds.